The van der Waals surface area contributed by atoms with Gasteiger partial charge in [0, 0.05) is 25.3 Å². The zero-order valence-corrected chi connectivity index (χ0v) is 31.4. The van der Waals surface area contributed by atoms with Gasteiger partial charge in [0.25, 0.3) is 0 Å². The van der Waals surface area contributed by atoms with Crippen LogP contribution in [0.4, 0.5) is 17.1 Å². The summed E-state index contributed by atoms with van der Waals surface area (Å²) in [4.78, 5) is 7.62. The topological polar surface area (TPSA) is 3.24 Å². The number of rotatable bonds is 3. The van der Waals surface area contributed by atoms with E-state index in [9.17, 15) is 0 Å². The molecule has 0 aliphatic carbocycles. The number of nitrogens with zero attached hydrogens (tertiary/aromatic N) is 1. The molecule has 0 fully saturated rings. The van der Waals surface area contributed by atoms with E-state index < -0.39 is 14.2 Å². The first-order valence-corrected chi connectivity index (χ1v) is 21.2. The lowest BCUT2D eigenvalue weighted by atomic mass is 9.64. The molecule has 3 aliphatic rings. The third kappa shape index (κ3) is 4.66. The molecule has 11 rings (SSSR count). The number of benzene rings is 8. The van der Waals surface area contributed by atoms with Crippen LogP contribution in [0.3, 0.4) is 0 Å². The molecule has 8 aromatic carbocycles. The fourth-order valence-electron chi connectivity index (χ4n) is 8.85. The van der Waals surface area contributed by atoms with Crippen LogP contribution in [0.25, 0.3) is 11.1 Å². The number of hydrogen-bond acceptors (Lipinski definition) is 3. The maximum atomic E-state index is 2.54. The normalized spacial score (nSPS) is 14.7. The van der Waals surface area contributed by atoms with Gasteiger partial charge in [-0.3, -0.25) is 0 Å². The molecule has 4 heteroatoms. The second kappa shape index (κ2) is 12.3. The standard InChI is InChI=1S/C49H32NS2Si/c1-2-14-36(15-3-1)53-47-25-13-6-18-39(47)49(37-16-4-9-21-43(37)51-44-22-10-5-17-38(44)49)40-32-34(28-31-48(40)53)33-26-29-35(30-27-33)50-41-19-7-11-23-45(41)52-46-24-12-8-20-42(46)50/h1-32H. The van der Waals surface area contributed by atoms with Crippen LogP contribution in [-0.4, -0.2) is 8.80 Å². The van der Waals surface area contributed by atoms with Gasteiger partial charge in [-0.15, -0.1) is 0 Å². The van der Waals surface area contributed by atoms with Crippen LogP contribution in [0.1, 0.15) is 22.3 Å². The van der Waals surface area contributed by atoms with Gasteiger partial charge in [0.1, 0.15) is 0 Å². The fourth-order valence-corrected chi connectivity index (χ4v) is 14.1. The lowest BCUT2D eigenvalue weighted by Gasteiger charge is -2.48. The van der Waals surface area contributed by atoms with E-state index in [4.69, 9.17) is 0 Å². The molecule has 3 heterocycles. The summed E-state index contributed by atoms with van der Waals surface area (Å²) in [5.41, 5.74) is 11.2. The van der Waals surface area contributed by atoms with E-state index in [2.05, 4.69) is 199 Å². The molecule has 0 saturated carbocycles. The van der Waals surface area contributed by atoms with Crippen LogP contribution < -0.4 is 20.5 Å². The maximum Gasteiger partial charge on any atom is 0.155 e. The molecular formula is C49H32NS2Si. The van der Waals surface area contributed by atoms with Gasteiger partial charge in [-0.1, -0.05) is 168 Å². The Balaban J connectivity index is 1.13. The monoisotopic (exact) mass is 726 g/mol. The Hall–Kier alpha value is -5.52. The Morgan fingerprint density at radius 3 is 1.53 bits per heavy atom. The van der Waals surface area contributed by atoms with E-state index in [0.29, 0.717) is 0 Å². The van der Waals surface area contributed by atoms with Crippen LogP contribution in [-0.2, 0) is 5.41 Å². The third-order valence-corrected chi connectivity index (χ3v) is 16.2. The van der Waals surface area contributed by atoms with Crippen molar-refractivity contribution in [3.05, 3.63) is 216 Å². The van der Waals surface area contributed by atoms with Gasteiger partial charge in [-0.2, -0.15) is 0 Å². The highest BCUT2D eigenvalue weighted by Crippen LogP contribution is 2.56. The summed E-state index contributed by atoms with van der Waals surface area (Å²) in [7, 11) is -1.31. The second-order valence-corrected chi connectivity index (χ2v) is 18.4. The fraction of sp³-hybridized carbons (Fsp3) is 0.0204. The highest BCUT2D eigenvalue weighted by molar-refractivity contribution is 8.00. The molecule has 3 aliphatic heterocycles. The summed E-state index contributed by atoms with van der Waals surface area (Å²) in [5.74, 6) is 0. The predicted molar refractivity (Wildman–Crippen MR) is 224 cm³/mol. The largest absolute Gasteiger partial charge is 0.308 e. The van der Waals surface area contributed by atoms with Gasteiger partial charge in [0.15, 0.2) is 8.80 Å². The van der Waals surface area contributed by atoms with Gasteiger partial charge < -0.3 is 4.90 Å². The van der Waals surface area contributed by atoms with Gasteiger partial charge in [0.2, 0.25) is 0 Å². The van der Waals surface area contributed by atoms with Crippen molar-refractivity contribution in [2.75, 3.05) is 4.90 Å². The van der Waals surface area contributed by atoms with E-state index in [-0.39, 0.29) is 0 Å². The van der Waals surface area contributed by atoms with Crippen LogP contribution in [0, 0.1) is 0 Å². The van der Waals surface area contributed by atoms with E-state index in [1.807, 2.05) is 23.5 Å². The maximum absolute atomic E-state index is 2.54. The lowest BCUT2D eigenvalue weighted by Crippen LogP contribution is -2.62. The van der Waals surface area contributed by atoms with E-state index in [0.717, 1.165) is 0 Å². The summed E-state index contributed by atoms with van der Waals surface area (Å²) in [6.45, 7) is 0. The van der Waals surface area contributed by atoms with Gasteiger partial charge >= 0.3 is 0 Å². The first kappa shape index (κ1) is 31.0. The number of hydrogen-bond donors (Lipinski definition) is 0. The molecule has 53 heavy (non-hydrogen) atoms. The summed E-state index contributed by atoms with van der Waals surface area (Å²) in [6.07, 6.45) is 0. The molecule has 0 atom stereocenters. The smallest absolute Gasteiger partial charge is 0.155 e. The summed E-state index contributed by atoms with van der Waals surface area (Å²) in [5, 5.41) is 4.37. The van der Waals surface area contributed by atoms with Crippen molar-refractivity contribution in [3.8, 4) is 11.1 Å². The Bertz CT molecular complexity index is 2610. The van der Waals surface area contributed by atoms with E-state index >= 15 is 0 Å². The minimum Gasteiger partial charge on any atom is -0.308 e. The van der Waals surface area contributed by atoms with Crippen molar-refractivity contribution >= 4 is 64.9 Å². The van der Waals surface area contributed by atoms with E-state index in [1.165, 1.54) is 85.6 Å². The minimum atomic E-state index is -1.31. The van der Waals surface area contributed by atoms with E-state index in [1.54, 1.807) is 0 Å². The molecule has 1 radical (unpaired) electrons. The average Bonchev–Trinajstić information content (AvgIpc) is 3.23. The lowest BCUT2D eigenvalue weighted by molar-refractivity contribution is 0.708. The quantitative estimate of drug-likeness (QED) is 0.167. The van der Waals surface area contributed by atoms with Crippen LogP contribution in [0.5, 0.6) is 0 Å². The summed E-state index contributed by atoms with van der Waals surface area (Å²) < 4.78 is 0. The Morgan fingerprint density at radius 2 is 0.868 bits per heavy atom. The van der Waals surface area contributed by atoms with Crippen molar-refractivity contribution < 1.29 is 0 Å². The Kier molecular flexibility index (Phi) is 7.19. The van der Waals surface area contributed by atoms with Gasteiger partial charge in [-0.05, 0) is 98.4 Å². The molecule has 0 N–H and O–H groups in total. The average molecular weight is 727 g/mol. The molecule has 0 bridgehead atoms. The second-order valence-electron chi connectivity index (χ2n) is 13.8. The highest BCUT2D eigenvalue weighted by atomic mass is 32.2. The Morgan fingerprint density at radius 1 is 0.377 bits per heavy atom. The minimum absolute atomic E-state index is 0.442. The first-order valence-electron chi connectivity index (χ1n) is 18.1. The molecular weight excluding hydrogens is 695 g/mol. The molecule has 1 nitrogen and oxygen atoms in total. The van der Waals surface area contributed by atoms with Crippen LogP contribution in [0.2, 0.25) is 0 Å². The Labute approximate surface area is 320 Å². The number of fused-ring (bicyclic) bond motifs is 10. The molecule has 249 valence electrons. The van der Waals surface area contributed by atoms with Crippen LogP contribution >= 0.6 is 23.5 Å². The molecule has 0 aromatic heterocycles. The predicted octanol–water partition coefficient (Wildman–Crippen LogP) is 11.0. The molecule has 0 saturated heterocycles. The molecule has 0 amide bonds. The summed E-state index contributed by atoms with van der Waals surface area (Å²) >= 11 is 3.75. The third-order valence-electron chi connectivity index (χ3n) is 11.0. The van der Waals surface area contributed by atoms with Crippen molar-refractivity contribution in [2.24, 2.45) is 0 Å². The van der Waals surface area contributed by atoms with Crippen LogP contribution in [0.15, 0.2) is 214 Å². The van der Waals surface area contributed by atoms with Gasteiger partial charge in [-0.25, -0.2) is 0 Å². The van der Waals surface area contributed by atoms with Crippen molar-refractivity contribution in [1.82, 2.24) is 0 Å². The molecule has 8 aromatic rings. The summed E-state index contributed by atoms with van der Waals surface area (Å²) in [6, 6.07) is 72.9. The van der Waals surface area contributed by atoms with Crippen molar-refractivity contribution in [1.29, 1.82) is 0 Å². The van der Waals surface area contributed by atoms with Crippen molar-refractivity contribution in [3.63, 3.8) is 0 Å². The highest BCUT2D eigenvalue weighted by Gasteiger charge is 2.51. The van der Waals surface area contributed by atoms with Gasteiger partial charge in [0.05, 0.1) is 16.8 Å². The number of anilines is 3. The zero-order chi connectivity index (χ0) is 34.9. The SMILES string of the molecule is c1ccc([Si]2c3ccccc3C3(c4ccccc4Sc4ccccc43)c3cc(-c4ccc(N5c6ccccc6Sc6ccccc65)cc4)ccc32)cc1. The zero-order valence-electron chi connectivity index (χ0n) is 28.7. The molecule has 0 unspecified atom stereocenters. The first-order chi connectivity index (χ1) is 26.3. The number of para-hydroxylation sites is 2. The van der Waals surface area contributed by atoms with Crippen molar-refractivity contribution in [2.45, 2.75) is 25.0 Å². The molecule has 1 spiro atoms.